The van der Waals surface area contributed by atoms with E-state index in [0.29, 0.717) is 6.54 Å². The van der Waals surface area contributed by atoms with E-state index in [9.17, 15) is 13.5 Å². The van der Waals surface area contributed by atoms with Gasteiger partial charge in [0.15, 0.2) is 9.84 Å². The summed E-state index contributed by atoms with van der Waals surface area (Å²) in [6.07, 6.45) is -0.787. The first-order valence-electron chi connectivity index (χ1n) is 5.64. The Morgan fingerprint density at radius 2 is 1.94 bits per heavy atom. The Morgan fingerprint density at radius 1 is 1.29 bits per heavy atom. The first kappa shape index (κ1) is 12.5. The first-order chi connectivity index (χ1) is 7.96. The number of rotatable bonds is 3. The molecule has 2 rings (SSSR count). The molecule has 0 bridgehead atoms. The van der Waals surface area contributed by atoms with E-state index in [1.807, 2.05) is 31.2 Å². The van der Waals surface area contributed by atoms with Crippen molar-refractivity contribution >= 4 is 9.84 Å². The molecule has 0 amide bonds. The molecule has 1 aliphatic rings. The molecule has 0 saturated carbocycles. The van der Waals surface area contributed by atoms with E-state index in [4.69, 9.17) is 0 Å². The Labute approximate surface area is 102 Å². The third kappa shape index (κ3) is 3.28. The molecule has 1 saturated heterocycles. The Hall–Kier alpha value is -0.910. The Morgan fingerprint density at radius 3 is 2.47 bits per heavy atom. The van der Waals surface area contributed by atoms with Crippen LogP contribution in [0.3, 0.4) is 0 Å². The zero-order chi connectivity index (χ0) is 12.5. The van der Waals surface area contributed by atoms with Crippen LogP contribution in [0.15, 0.2) is 24.3 Å². The van der Waals surface area contributed by atoms with Gasteiger partial charge in [-0.15, -0.1) is 0 Å². The van der Waals surface area contributed by atoms with Crippen molar-refractivity contribution in [2.24, 2.45) is 0 Å². The molecule has 0 aromatic heterocycles. The standard InChI is InChI=1S/C12H17NO3S/c1-9-2-4-10(5-3-9)6-13-11-7-17(15,16)8-12(11)14/h2-5,11-14H,6-8H2,1H3/t11-,12-/m1/s1. The van der Waals surface area contributed by atoms with Crippen molar-refractivity contribution in [1.29, 1.82) is 0 Å². The fraction of sp³-hybridized carbons (Fsp3) is 0.500. The van der Waals surface area contributed by atoms with Crippen LogP contribution in [0.1, 0.15) is 11.1 Å². The largest absolute Gasteiger partial charge is 0.390 e. The molecule has 1 fully saturated rings. The van der Waals surface area contributed by atoms with Gasteiger partial charge < -0.3 is 10.4 Å². The molecule has 1 aromatic carbocycles. The second-order valence-corrected chi connectivity index (χ2v) is 6.77. The highest BCUT2D eigenvalue weighted by Gasteiger charge is 2.35. The molecule has 1 aromatic rings. The minimum atomic E-state index is -3.07. The van der Waals surface area contributed by atoms with Crippen LogP contribution in [0.2, 0.25) is 0 Å². The van der Waals surface area contributed by atoms with Crippen LogP contribution in [0.5, 0.6) is 0 Å². The molecule has 1 aliphatic heterocycles. The summed E-state index contributed by atoms with van der Waals surface area (Å²) < 4.78 is 22.6. The summed E-state index contributed by atoms with van der Waals surface area (Å²) in [5.74, 6) is -0.0986. The number of nitrogens with one attached hydrogen (secondary N) is 1. The normalized spacial score (nSPS) is 27.2. The fourth-order valence-corrected chi connectivity index (χ4v) is 3.75. The second-order valence-electron chi connectivity index (χ2n) is 4.62. The maximum absolute atomic E-state index is 11.3. The number of sulfone groups is 1. The molecule has 4 nitrogen and oxygen atoms in total. The van der Waals surface area contributed by atoms with Gasteiger partial charge in [-0.1, -0.05) is 29.8 Å². The average Bonchev–Trinajstić information content (AvgIpc) is 2.51. The van der Waals surface area contributed by atoms with Crippen molar-refractivity contribution in [1.82, 2.24) is 5.32 Å². The zero-order valence-corrected chi connectivity index (χ0v) is 10.6. The predicted octanol–water partition coefficient (Wildman–Crippen LogP) is 0.243. The maximum Gasteiger partial charge on any atom is 0.154 e. The summed E-state index contributed by atoms with van der Waals surface area (Å²) in [5, 5.41) is 12.7. The first-order valence-corrected chi connectivity index (χ1v) is 7.46. The lowest BCUT2D eigenvalue weighted by atomic mass is 10.1. The van der Waals surface area contributed by atoms with Crippen molar-refractivity contribution in [2.45, 2.75) is 25.6 Å². The van der Waals surface area contributed by atoms with E-state index in [-0.39, 0.29) is 17.5 Å². The predicted molar refractivity (Wildman–Crippen MR) is 66.5 cm³/mol. The Kier molecular flexibility index (Phi) is 3.51. The number of aliphatic hydroxyl groups is 1. The van der Waals surface area contributed by atoms with Crippen LogP contribution in [0.25, 0.3) is 0 Å². The van der Waals surface area contributed by atoms with Gasteiger partial charge in [-0.25, -0.2) is 8.42 Å². The van der Waals surface area contributed by atoms with Gasteiger partial charge >= 0.3 is 0 Å². The van der Waals surface area contributed by atoms with Crippen LogP contribution in [0, 0.1) is 6.92 Å². The lowest BCUT2D eigenvalue weighted by Gasteiger charge is -2.14. The minimum Gasteiger partial charge on any atom is -0.390 e. The Bertz CT molecular complexity index is 481. The molecule has 2 N–H and O–H groups in total. The fourth-order valence-electron chi connectivity index (χ4n) is 1.98. The molecule has 94 valence electrons. The molecule has 0 spiro atoms. The number of aryl methyl sites for hydroxylation is 1. The van der Waals surface area contributed by atoms with E-state index < -0.39 is 15.9 Å². The van der Waals surface area contributed by atoms with E-state index >= 15 is 0 Å². The van der Waals surface area contributed by atoms with Crippen molar-refractivity contribution in [2.75, 3.05) is 11.5 Å². The molecule has 0 aliphatic carbocycles. The molecule has 2 atom stereocenters. The van der Waals surface area contributed by atoms with Crippen LogP contribution >= 0.6 is 0 Å². The van der Waals surface area contributed by atoms with Crippen molar-refractivity contribution in [3.63, 3.8) is 0 Å². The van der Waals surface area contributed by atoms with Gasteiger partial charge in [-0.05, 0) is 12.5 Å². The summed E-state index contributed by atoms with van der Waals surface area (Å²) >= 11 is 0. The molecule has 0 unspecified atom stereocenters. The molecule has 5 heteroatoms. The lowest BCUT2D eigenvalue weighted by Crippen LogP contribution is -2.38. The van der Waals surface area contributed by atoms with Gasteiger partial charge in [-0.2, -0.15) is 0 Å². The van der Waals surface area contributed by atoms with E-state index in [0.717, 1.165) is 5.56 Å². The number of hydrogen-bond donors (Lipinski definition) is 2. The molecule has 1 heterocycles. The second kappa shape index (κ2) is 4.76. The van der Waals surface area contributed by atoms with E-state index in [2.05, 4.69) is 5.32 Å². The SMILES string of the molecule is Cc1ccc(CN[C@@H]2CS(=O)(=O)C[C@H]2O)cc1. The van der Waals surface area contributed by atoms with Gasteiger partial charge in [0.1, 0.15) is 0 Å². The van der Waals surface area contributed by atoms with Gasteiger partial charge in [0.25, 0.3) is 0 Å². The smallest absolute Gasteiger partial charge is 0.154 e. The molecular weight excluding hydrogens is 238 g/mol. The zero-order valence-electron chi connectivity index (χ0n) is 9.76. The van der Waals surface area contributed by atoms with Crippen LogP contribution in [-0.2, 0) is 16.4 Å². The van der Waals surface area contributed by atoms with Crippen LogP contribution in [0.4, 0.5) is 0 Å². The minimum absolute atomic E-state index is 0.0278. The summed E-state index contributed by atoms with van der Waals surface area (Å²) in [4.78, 5) is 0. The Balaban J connectivity index is 1.93. The van der Waals surface area contributed by atoms with E-state index in [1.165, 1.54) is 5.56 Å². The van der Waals surface area contributed by atoms with Gasteiger partial charge in [-0.3, -0.25) is 0 Å². The van der Waals surface area contributed by atoms with E-state index in [1.54, 1.807) is 0 Å². The van der Waals surface area contributed by atoms with Gasteiger partial charge in [0.2, 0.25) is 0 Å². The molecule has 0 radical (unpaired) electrons. The van der Waals surface area contributed by atoms with Crippen molar-refractivity contribution in [3.8, 4) is 0 Å². The summed E-state index contributed by atoms with van der Waals surface area (Å²) in [7, 11) is -3.07. The monoisotopic (exact) mass is 255 g/mol. The number of benzene rings is 1. The van der Waals surface area contributed by atoms with Gasteiger partial charge in [0.05, 0.1) is 17.6 Å². The molecule has 17 heavy (non-hydrogen) atoms. The topological polar surface area (TPSA) is 66.4 Å². The van der Waals surface area contributed by atoms with Crippen LogP contribution < -0.4 is 5.32 Å². The van der Waals surface area contributed by atoms with Crippen LogP contribution in [-0.4, -0.2) is 37.2 Å². The quantitative estimate of drug-likeness (QED) is 0.812. The summed E-state index contributed by atoms with van der Waals surface area (Å²) in [6, 6.07) is 7.68. The average molecular weight is 255 g/mol. The van der Waals surface area contributed by atoms with Crippen molar-refractivity contribution in [3.05, 3.63) is 35.4 Å². The highest BCUT2D eigenvalue weighted by atomic mass is 32.2. The highest BCUT2D eigenvalue weighted by Crippen LogP contribution is 2.13. The third-order valence-electron chi connectivity index (χ3n) is 3.01. The van der Waals surface area contributed by atoms with Crippen molar-refractivity contribution < 1.29 is 13.5 Å². The summed E-state index contributed by atoms with van der Waals surface area (Å²) in [6.45, 7) is 2.60. The molecular formula is C12H17NO3S. The highest BCUT2D eigenvalue weighted by molar-refractivity contribution is 7.91. The summed E-state index contributed by atoms with van der Waals surface area (Å²) in [5.41, 5.74) is 2.28. The lowest BCUT2D eigenvalue weighted by molar-refractivity contribution is 0.165. The number of aliphatic hydroxyl groups excluding tert-OH is 1. The maximum atomic E-state index is 11.3. The number of hydrogen-bond acceptors (Lipinski definition) is 4. The van der Waals surface area contributed by atoms with Gasteiger partial charge in [0, 0.05) is 12.6 Å². The third-order valence-corrected chi connectivity index (χ3v) is 4.73.